The maximum Gasteiger partial charge on any atom is 0.326 e. The van der Waals surface area contributed by atoms with Gasteiger partial charge >= 0.3 is 11.9 Å². The van der Waals surface area contributed by atoms with E-state index in [1.165, 1.54) is 6.92 Å². The van der Waals surface area contributed by atoms with E-state index in [0.717, 1.165) is 0 Å². The largest absolute Gasteiger partial charge is 0.481 e. The molecule has 0 spiro atoms. The number of rotatable bonds is 11. The predicted molar refractivity (Wildman–Crippen MR) is 76.9 cm³/mol. The van der Waals surface area contributed by atoms with Crippen LogP contribution in [0.2, 0.25) is 0 Å². The first-order chi connectivity index (χ1) is 10.3. The van der Waals surface area contributed by atoms with E-state index in [1.807, 2.05) is 0 Å². The number of hydrogen-bond donors (Lipinski definition) is 5. The summed E-state index contributed by atoms with van der Waals surface area (Å²) in [6.07, 6.45) is 0.988. The van der Waals surface area contributed by atoms with Gasteiger partial charge in [-0.25, -0.2) is 4.79 Å². The van der Waals surface area contributed by atoms with Crippen molar-refractivity contribution in [2.75, 3.05) is 6.54 Å². The Balaban J connectivity index is 4.68. The lowest BCUT2D eigenvalue weighted by molar-refractivity contribution is -0.143. The number of nitrogens with two attached hydrogens (primary N) is 1. The van der Waals surface area contributed by atoms with Crippen LogP contribution in [-0.4, -0.2) is 52.6 Å². The van der Waals surface area contributed by atoms with Crippen LogP contribution in [0.1, 0.15) is 39.0 Å². The van der Waals surface area contributed by atoms with E-state index in [1.54, 1.807) is 0 Å². The Morgan fingerprint density at radius 1 is 1.00 bits per heavy atom. The Morgan fingerprint density at radius 2 is 1.64 bits per heavy atom. The third-order valence-corrected chi connectivity index (χ3v) is 2.90. The van der Waals surface area contributed by atoms with Crippen molar-refractivity contribution in [3.8, 4) is 0 Å². The minimum absolute atomic E-state index is 0.230. The van der Waals surface area contributed by atoms with Gasteiger partial charge in [0.25, 0.3) is 0 Å². The van der Waals surface area contributed by atoms with Crippen LogP contribution in [0.4, 0.5) is 0 Å². The van der Waals surface area contributed by atoms with Gasteiger partial charge < -0.3 is 26.6 Å². The van der Waals surface area contributed by atoms with Crippen LogP contribution in [0.3, 0.4) is 0 Å². The van der Waals surface area contributed by atoms with Gasteiger partial charge in [0, 0.05) is 13.3 Å². The van der Waals surface area contributed by atoms with Crippen LogP contribution in [0.5, 0.6) is 0 Å². The van der Waals surface area contributed by atoms with E-state index in [0.29, 0.717) is 25.8 Å². The van der Waals surface area contributed by atoms with Crippen LogP contribution in [-0.2, 0) is 19.2 Å². The average Bonchev–Trinajstić information content (AvgIpc) is 2.41. The summed E-state index contributed by atoms with van der Waals surface area (Å²) in [4.78, 5) is 44.7. The summed E-state index contributed by atoms with van der Waals surface area (Å²) >= 11 is 0. The molecule has 0 aromatic rings. The van der Waals surface area contributed by atoms with E-state index in [4.69, 9.17) is 15.9 Å². The minimum Gasteiger partial charge on any atom is -0.481 e. The molecule has 0 heterocycles. The van der Waals surface area contributed by atoms with Gasteiger partial charge in [0.2, 0.25) is 11.8 Å². The standard InChI is InChI=1S/C13H23N3O6/c1-8(17)15-9(4-2-3-7-14)12(20)16-10(13(21)22)5-6-11(18)19/h9-10H,2-7,14H2,1H3,(H,15,17)(H,16,20)(H,18,19)(H,21,22)/t9-,10-/m0/s1. The highest BCUT2D eigenvalue weighted by molar-refractivity contribution is 5.90. The fourth-order valence-electron chi connectivity index (χ4n) is 1.80. The number of carboxylic acids is 2. The Morgan fingerprint density at radius 3 is 2.09 bits per heavy atom. The molecule has 0 aromatic carbocycles. The fourth-order valence-corrected chi connectivity index (χ4v) is 1.80. The van der Waals surface area contributed by atoms with Crippen molar-refractivity contribution in [2.24, 2.45) is 5.73 Å². The first-order valence-corrected chi connectivity index (χ1v) is 7.00. The first-order valence-electron chi connectivity index (χ1n) is 7.00. The zero-order valence-corrected chi connectivity index (χ0v) is 12.5. The SMILES string of the molecule is CC(=O)N[C@@H](CCCCN)C(=O)N[C@@H](CCC(=O)O)C(=O)O. The number of carboxylic acid groups (broad SMARTS) is 2. The van der Waals surface area contributed by atoms with Crippen LogP contribution in [0.15, 0.2) is 0 Å². The number of unbranched alkanes of at least 4 members (excludes halogenated alkanes) is 1. The normalized spacial score (nSPS) is 13.0. The van der Waals surface area contributed by atoms with Gasteiger partial charge in [0.05, 0.1) is 0 Å². The third-order valence-electron chi connectivity index (χ3n) is 2.90. The maximum atomic E-state index is 12.1. The molecule has 0 aromatic heterocycles. The zero-order chi connectivity index (χ0) is 17.1. The molecule has 0 bridgehead atoms. The molecule has 0 saturated carbocycles. The molecule has 0 unspecified atom stereocenters. The molecule has 2 amide bonds. The van der Waals surface area contributed by atoms with Crippen LogP contribution >= 0.6 is 0 Å². The molecule has 0 saturated heterocycles. The van der Waals surface area contributed by atoms with E-state index >= 15 is 0 Å². The molecule has 0 aliphatic heterocycles. The molecule has 0 rings (SSSR count). The van der Waals surface area contributed by atoms with Crippen LogP contribution < -0.4 is 16.4 Å². The molecule has 6 N–H and O–H groups in total. The van der Waals surface area contributed by atoms with Crippen molar-refractivity contribution in [1.82, 2.24) is 10.6 Å². The van der Waals surface area contributed by atoms with Crippen molar-refractivity contribution in [3.63, 3.8) is 0 Å². The summed E-state index contributed by atoms with van der Waals surface area (Å²) in [6, 6.07) is -2.18. The lowest BCUT2D eigenvalue weighted by Crippen LogP contribution is -2.51. The quantitative estimate of drug-likeness (QED) is 0.307. The molecular weight excluding hydrogens is 294 g/mol. The van der Waals surface area contributed by atoms with Crippen molar-refractivity contribution in [3.05, 3.63) is 0 Å². The highest BCUT2D eigenvalue weighted by Crippen LogP contribution is 2.04. The molecule has 126 valence electrons. The molecule has 0 aliphatic carbocycles. The van der Waals surface area contributed by atoms with Crippen molar-refractivity contribution in [2.45, 2.75) is 51.1 Å². The molecule has 0 fully saturated rings. The fraction of sp³-hybridized carbons (Fsp3) is 0.692. The van der Waals surface area contributed by atoms with Crippen molar-refractivity contribution >= 4 is 23.8 Å². The number of hydrogen-bond acceptors (Lipinski definition) is 5. The first kappa shape index (κ1) is 19.8. The maximum absolute atomic E-state index is 12.1. The molecule has 2 atom stereocenters. The summed E-state index contributed by atoms with van der Waals surface area (Å²) in [6.45, 7) is 1.70. The van der Waals surface area contributed by atoms with Gasteiger partial charge in [-0.3, -0.25) is 14.4 Å². The lowest BCUT2D eigenvalue weighted by Gasteiger charge is -2.20. The molecule has 22 heavy (non-hydrogen) atoms. The van der Waals surface area contributed by atoms with Gasteiger partial charge in [-0.1, -0.05) is 0 Å². The zero-order valence-electron chi connectivity index (χ0n) is 12.5. The Bertz CT molecular complexity index is 413. The molecular formula is C13H23N3O6. The van der Waals surface area contributed by atoms with E-state index in [-0.39, 0.29) is 12.8 Å². The van der Waals surface area contributed by atoms with E-state index < -0.39 is 35.8 Å². The summed E-state index contributed by atoms with van der Waals surface area (Å²) in [7, 11) is 0. The molecule has 9 nitrogen and oxygen atoms in total. The summed E-state index contributed by atoms with van der Waals surface area (Å²) < 4.78 is 0. The van der Waals surface area contributed by atoms with Gasteiger partial charge in [-0.15, -0.1) is 0 Å². The van der Waals surface area contributed by atoms with Gasteiger partial charge in [-0.05, 0) is 32.2 Å². The van der Waals surface area contributed by atoms with E-state index in [9.17, 15) is 19.2 Å². The molecule has 0 aliphatic rings. The topological polar surface area (TPSA) is 159 Å². The summed E-state index contributed by atoms with van der Waals surface area (Å²) in [5, 5.41) is 22.3. The van der Waals surface area contributed by atoms with Crippen LogP contribution in [0, 0.1) is 0 Å². The number of amides is 2. The average molecular weight is 317 g/mol. The third kappa shape index (κ3) is 8.90. The highest BCUT2D eigenvalue weighted by atomic mass is 16.4. The number of carbonyl (C=O) groups is 4. The van der Waals surface area contributed by atoms with Gasteiger partial charge in [-0.2, -0.15) is 0 Å². The predicted octanol–water partition coefficient (Wildman–Crippen LogP) is -0.946. The Kier molecular flexibility index (Phi) is 9.51. The highest BCUT2D eigenvalue weighted by Gasteiger charge is 2.26. The molecule has 9 heteroatoms. The Hall–Kier alpha value is -2.16. The van der Waals surface area contributed by atoms with Crippen LogP contribution in [0.25, 0.3) is 0 Å². The van der Waals surface area contributed by atoms with E-state index in [2.05, 4.69) is 10.6 Å². The summed E-state index contributed by atoms with van der Waals surface area (Å²) in [5.74, 6) is -3.53. The second kappa shape index (κ2) is 10.6. The second-order valence-electron chi connectivity index (χ2n) is 4.87. The van der Waals surface area contributed by atoms with Gasteiger partial charge in [0.1, 0.15) is 12.1 Å². The number of carbonyl (C=O) groups excluding carboxylic acids is 2. The van der Waals surface area contributed by atoms with Crippen molar-refractivity contribution < 1.29 is 29.4 Å². The van der Waals surface area contributed by atoms with Crippen molar-refractivity contribution in [1.29, 1.82) is 0 Å². The monoisotopic (exact) mass is 317 g/mol. The number of nitrogens with one attached hydrogen (secondary N) is 2. The van der Waals surface area contributed by atoms with Gasteiger partial charge in [0.15, 0.2) is 0 Å². The molecule has 0 radical (unpaired) electrons. The second-order valence-corrected chi connectivity index (χ2v) is 4.87. The Labute approximate surface area is 128 Å². The smallest absolute Gasteiger partial charge is 0.326 e. The lowest BCUT2D eigenvalue weighted by atomic mass is 10.1. The number of aliphatic carboxylic acids is 2. The summed E-state index contributed by atoms with van der Waals surface area (Å²) in [5.41, 5.74) is 5.36. The minimum atomic E-state index is -1.32.